The molecule has 2 aromatic rings. The van der Waals surface area contributed by atoms with Crippen molar-refractivity contribution in [3.8, 4) is 0 Å². The minimum absolute atomic E-state index is 0.0173. The van der Waals surface area contributed by atoms with Crippen molar-refractivity contribution >= 4 is 38.2 Å². The second kappa shape index (κ2) is 5.82. The van der Waals surface area contributed by atoms with Crippen LogP contribution < -0.4 is 15.5 Å². The molecule has 0 unspecified atom stereocenters. The average molecular weight is 344 g/mol. The Morgan fingerprint density at radius 3 is 2.88 bits per heavy atom. The highest BCUT2D eigenvalue weighted by Gasteiger charge is 2.39. The Labute approximate surface area is 144 Å². The Hall–Kier alpha value is -1.99. The van der Waals surface area contributed by atoms with Crippen LogP contribution in [0.2, 0.25) is 0 Å². The molecule has 0 spiro atoms. The maximum Gasteiger partial charge on any atom is 0.270 e. The largest absolute Gasteiger partial charge is 0.346 e. The summed E-state index contributed by atoms with van der Waals surface area (Å²) < 4.78 is 0.969. The van der Waals surface area contributed by atoms with Crippen molar-refractivity contribution in [1.82, 2.24) is 15.6 Å². The van der Waals surface area contributed by atoms with Crippen LogP contribution in [0.15, 0.2) is 18.3 Å². The van der Waals surface area contributed by atoms with E-state index in [1.54, 1.807) is 24.2 Å². The first-order chi connectivity index (χ1) is 11.5. The second-order valence-corrected chi connectivity index (χ2v) is 7.70. The van der Waals surface area contributed by atoms with Gasteiger partial charge in [0.1, 0.15) is 5.69 Å². The lowest BCUT2D eigenvalue weighted by Gasteiger charge is -2.21. The molecule has 2 bridgehead atoms. The first kappa shape index (κ1) is 15.5. The van der Waals surface area contributed by atoms with Gasteiger partial charge in [0, 0.05) is 38.3 Å². The van der Waals surface area contributed by atoms with Crippen LogP contribution in [0, 0.1) is 0 Å². The summed E-state index contributed by atoms with van der Waals surface area (Å²) in [5, 5.41) is 8.43. The fraction of sp³-hybridized carbons (Fsp3) is 0.471. The highest BCUT2D eigenvalue weighted by atomic mass is 32.1. The highest BCUT2D eigenvalue weighted by molar-refractivity contribution is 7.22. The smallest absolute Gasteiger partial charge is 0.270 e. The van der Waals surface area contributed by atoms with Crippen molar-refractivity contribution in [2.45, 2.75) is 44.3 Å². The molecular formula is C17H20N4O2S. The zero-order chi connectivity index (χ0) is 16.8. The van der Waals surface area contributed by atoms with E-state index in [4.69, 9.17) is 0 Å². The number of amides is 2. The third kappa shape index (κ3) is 2.67. The highest BCUT2D eigenvalue weighted by Crippen LogP contribution is 2.32. The number of fused-ring (bicyclic) bond motifs is 3. The summed E-state index contributed by atoms with van der Waals surface area (Å²) in [6.45, 7) is 1.53. The fourth-order valence-corrected chi connectivity index (χ4v) is 4.62. The zero-order valence-electron chi connectivity index (χ0n) is 13.7. The van der Waals surface area contributed by atoms with Crippen molar-refractivity contribution < 1.29 is 9.59 Å². The van der Waals surface area contributed by atoms with Gasteiger partial charge >= 0.3 is 0 Å². The molecule has 2 amide bonds. The van der Waals surface area contributed by atoms with E-state index in [1.165, 1.54) is 24.7 Å². The number of thiophene rings is 1. The van der Waals surface area contributed by atoms with E-state index in [0.29, 0.717) is 17.8 Å². The number of aromatic nitrogens is 1. The van der Waals surface area contributed by atoms with Gasteiger partial charge in [0.05, 0.1) is 9.70 Å². The predicted molar refractivity (Wildman–Crippen MR) is 94.5 cm³/mol. The van der Waals surface area contributed by atoms with Gasteiger partial charge in [-0.1, -0.05) is 0 Å². The Kier molecular flexibility index (Phi) is 3.77. The van der Waals surface area contributed by atoms with Crippen molar-refractivity contribution in [3.63, 3.8) is 0 Å². The van der Waals surface area contributed by atoms with Gasteiger partial charge in [0.2, 0.25) is 5.91 Å². The number of hydrogen-bond acceptors (Lipinski definition) is 5. The standard InChI is InChI=1S/C17H20N4O2S/c1-9(22)21(2)16-6-10-5-14(18-8-15(10)24-16)17(23)20-13-7-11-3-4-12(13)19-11/h5-6,8,11-13,19H,3-4,7H2,1-2H3,(H,20,23)/t11-,12+,13-/m1/s1. The molecular weight excluding hydrogens is 324 g/mol. The predicted octanol–water partition coefficient (Wildman–Crippen LogP) is 1.90. The van der Waals surface area contributed by atoms with Crippen LogP contribution in [0.5, 0.6) is 0 Å². The number of rotatable bonds is 3. The molecule has 2 fully saturated rings. The Morgan fingerprint density at radius 1 is 1.38 bits per heavy atom. The van der Waals surface area contributed by atoms with Crippen LogP contribution >= 0.6 is 11.3 Å². The number of nitrogens with one attached hydrogen (secondary N) is 2. The number of nitrogens with zero attached hydrogens (tertiary/aromatic N) is 2. The quantitative estimate of drug-likeness (QED) is 0.892. The molecule has 3 atom stereocenters. The first-order valence-electron chi connectivity index (χ1n) is 8.22. The number of hydrogen-bond donors (Lipinski definition) is 2. The van der Waals surface area contributed by atoms with Gasteiger partial charge in [-0.3, -0.25) is 9.59 Å². The molecule has 7 heteroatoms. The molecule has 2 N–H and O–H groups in total. The third-order valence-corrected chi connectivity index (χ3v) is 6.21. The Morgan fingerprint density at radius 2 is 2.21 bits per heavy atom. The molecule has 2 aromatic heterocycles. The number of carbonyl (C=O) groups is 2. The summed E-state index contributed by atoms with van der Waals surface area (Å²) in [7, 11) is 1.75. The zero-order valence-corrected chi connectivity index (χ0v) is 14.5. The molecule has 0 aliphatic carbocycles. The van der Waals surface area contributed by atoms with Crippen LogP contribution in [0.1, 0.15) is 36.7 Å². The van der Waals surface area contributed by atoms with Gasteiger partial charge in [-0.15, -0.1) is 11.3 Å². The van der Waals surface area contributed by atoms with Crippen molar-refractivity contribution in [2.75, 3.05) is 11.9 Å². The first-order valence-corrected chi connectivity index (χ1v) is 9.03. The van der Waals surface area contributed by atoms with Crippen LogP contribution in [-0.4, -0.2) is 42.0 Å². The van der Waals surface area contributed by atoms with E-state index in [0.717, 1.165) is 27.9 Å². The molecule has 126 valence electrons. The number of carbonyl (C=O) groups excluding carboxylic acids is 2. The minimum atomic E-state index is -0.121. The van der Waals surface area contributed by atoms with Gasteiger partial charge in [0.25, 0.3) is 5.91 Å². The van der Waals surface area contributed by atoms with Gasteiger partial charge in [0.15, 0.2) is 0 Å². The van der Waals surface area contributed by atoms with Crippen LogP contribution in [0.3, 0.4) is 0 Å². The van der Waals surface area contributed by atoms with Gasteiger partial charge in [-0.2, -0.15) is 0 Å². The van der Waals surface area contributed by atoms with Gasteiger partial charge in [-0.05, 0) is 36.8 Å². The summed E-state index contributed by atoms with van der Waals surface area (Å²) in [4.78, 5) is 29.9. The second-order valence-electron chi connectivity index (χ2n) is 6.63. The van der Waals surface area contributed by atoms with Crippen LogP contribution in [-0.2, 0) is 4.79 Å². The maximum atomic E-state index is 12.5. The molecule has 4 rings (SSSR count). The van der Waals surface area contributed by atoms with Crippen molar-refractivity contribution in [2.24, 2.45) is 0 Å². The van der Waals surface area contributed by atoms with Crippen LogP contribution in [0.25, 0.3) is 10.1 Å². The lowest BCUT2D eigenvalue weighted by atomic mass is 9.95. The Bertz CT molecular complexity index is 818. The van der Waals surface area contributed by atoms with E-state index < -0.39 is 0 Å². The topological polar surface area (TPSA) is 74.3 Å². The fourth-order valence-electron chi connectivity index (χ4n) is 3.60. The maximum absolute atomic E-state index is 12.5. The number of pyridine rings is 1. The normalized spacial score (nSPS) is 25.2. The minimum Gasteiger partial charge on any atom is -0.346 e. The SMILES string of the molecule is CC(=O)N(C)c1cc2cc(C(=O)N[C@@H]3C[C@H]4CC[C@@H]3N4)ncc2s1. The van der Waals surface area contributed by atoms with E-state index in [1.807, 2.05) is 6.07 Å². The van der Waals surface area contributed by atoms with Gasteiger partial charge in [-0.25, -0.2) is 4.98 Å². The van der Waals surface area contributed by atoms with Gasteiger partial charge < -0.3 is 15.5 Å². The molecule has 2 saturated heterocycles. The molecule has 0 saturated carbocycles. The molecule has 2 aliphatic rings. The number of anilines is 1. The summed E-state index contributed by atoms with van der Waals surface area (Å²) >= 11 is 1.50. The summed E-state index contributed by atoms with van der Waals surface area (Å²) in [6, 6.07) is 4.89. The molecule has 0 aromatic carbocycles. The van der Waals surface area contributed by atoms with Crippen LogP contribution in [0.4, 0.5) is 5.00 Å². The lowest BCUT2D eigenvalue weighted by molar-refractivity contribution is -0.116. The lowest BCUT2D eigenvalue weighted by Crippen LogP contribution is -2.43. The summed E-state index contributed by atoms with van der Waals surface area (Å²) in [6.07, 6.45) is 5.06. The van der Waals surface area contributed by atoms with Crippen molar-refractivity contribution in [1.29, 1.82) is 0 Å². The molecule has 6 nitrogen and oxygen atoms in total. The molecule has 4 heterocycles. The van der Waals surface area contributed by atoms with E-state index in [2.05, 4.69) is 15.6 Å². The average Bonchev–Trinajstić information content (AvgIpc) is 3.27. The van der Waals surface area contributed by atoms with E-state index >= 15 is 0 Å². The summed E-state index contributed by atoms with van der Waals surface area (Å²) in [5.41, 5.74) is 0.431. The van der Waals surface area contributed by atoms with E-state index in [9.17, 15) is 9.59 Å². The summed E-state index contributed by atoms with van der Waals surface area (Å²) in [5.74, 6) is -0.139. The molecule has 2 aliphatic heterocycles. The van der Waals surface area contributed by atoms with E-state index in [-0.39, 0.29) is 17.9 Å². The molecule has 0 radical (unpaired) electrons. The Balaban J connectivity index is 1.53. The molecule has 24 heavy (non-hydrogen) atoms. The monoisotopic (exact) mass is 344 g/mol. The third-order valence-electron chi connectivity index (χ3n) is 5.04. The van der Waals surface area contributed by atoms with Crippen molar-refractivity contribution in [3.05, 3.63) is 24.0 Å².